The zero-order chi connectivity index (χ0) is 39.9. The molecule has 0 atom stereocenters. The van der Waals surface area contributed by atoms with Crippen LogP contribution in [0.3, 0.4) is 0 Å². The molecule has 10 aromatic rings. The minimum Gasteiger partial charge on any atom is -0.310 e. The topological polar surface area (TPSA) is 3.24 Å². The Morgan fingerprint density at radius 1 is 0.267 bits per heavy atom. The molecular formula is C59H41N. The molecule has 1 nitrogen and oxygen atoms in total. The van der Waals surface area contributed by atoms with Crippen molar-refractivity contribution in [2.45, 2.75) is 5.41 Å². The summed E-state index contributed by atoms with van der Waals surface area (Å²) in [6.07, 6.45) is 0. The van der Waals surface area contributed by atoms with E-state index in [0.717, 1.165) is 22.6 Å². The van der Waals surface area contributed by atoms with Gasteiger partial charge in [0.15, 0.2) is 0 Å². The monoisotopic (exact) mass is 763 g/mol. The first-order chi connectivity index (χ1) is 29.8. The van der Waals surface area contributed by atoms with Gasteiger partial charge in [0.2, 0.25) is 0 Å². The van der Waals surface area contributed by atoms with Crippen LogP contribution in [0, 0.1) is 0 Å². The Kier molecular flexibility index (Phi) is 8.79. The molecule has 1 heteroatoms. The molecule has 0 unspecified atom stereocenters. The van der Waals surface area contributed by atoms with E-state index in [2.05, 4.69) is 254 Å². The number of fused-ring (bicyclic) bond motifs is 4. The smallest absolute Gasteiger partial charge is 0.0714 e. The Labute approximate surface area is 352 Å². The molecule has 0 aliphatic heterocycles. The summed E-state index contributed by atoms with van der Waals surface area (Å²) < 4.78 is 0. The lowest BCUT2D eigenvalue weighted by atomic mass is 9.67. The second-order valence-corrected chi connectivity index (χ2v) is 15.7. The molecular weight excluding hydrogens is 723 g/mol. The predicted octanol–water partition coefficient (Wildman–Crippen LogP) is 15.7. The van der Waals surface area contributed by atoms with Crippen LogP contribution in [0.4, 0.5) is 17.1 Å². The molecule has 0 saturated heterocycles. The molecule has 0 amide bonds. The lowest BCUT2D eigenvalue weighted by Crippen LogP contribution is -2.28. The second kappa shape index (κ2) is 14.9. The van der Waals surface area contributed by atoms with Gasteiger partial charge in [0.1, 0.15) is 0 Å². The average Bonchev–Trinajstić information content (AvgIpc) is 3.63. The highest BCUT2D eigenvalue weighted by molar-refractivity contribution is 5.98. The number of nitrogens with zero attached hydrogens (tertiary/aromatic N) is 1. The van der Waals surface area contributed by atoms with E-state index in [1.807, 2.05) is 0 Å². The first-order valence-electron chi connectivity index (χ1n) is 20.8. The van der Waals surface area contributed by atoms with Gasteiger partial charge in [0.25, 0.3) is 0 Å². The molecule has 0 saturated carbocycles. The summed E-state index contributed by atoms with van der Waals surface area (Å²) in [5, 5.41) is 2.48. The Balaban J connectivity index is 1.14. The Morgan fingerprint density at radius 2 is 0.733 bits per heavy atom. The number of hydrogen-bond acceptors (Lipinski definition) is 1. The Morgan fingerprint density at radius 3 is 1.47 bits per heavy atom. The maximum Gasteiger partial charge on any atom is 0.0714 e. The fraction of sp³-hybridized carbons (Fsp3) is 0.0169. The first-order valence-corrected chi connectivity index (χ1v) is 20.8. The van der Waals surface area contributed by atoms with Crippen molar-refractivity contribution in [3.8, 4) is 44.5 Å². The van der Waals surface area contributed by atoms with Crippen LogP contribution >= 0.6 is 0 Å². The third kappa shape index (κ3) is 5.94. The minimum atomic E-state index is -0.513. The van der Waals surface area contributed by atoms with Crippen molar-refractivity contribution < 1.29 is 0 Å². The van der Waals surface area contributed by atoms with E-state index in [1.54, 1.807) is 0 Å². The van der Waals surface area contributed by atoms with Crippen LogP contribution in [-0.2, 0) is 5.41 Å². The lowest BCUT2D eigenvalue weighted by Gasteiger charge is -2.35. The van der Waals surface area contributed by atoms with Crippen LogP contribution in [0.2, 0.25) is 0 Å². The summed E-state index contributed by atoms with van der Waals surface area (Å²) in [6, 6.07) is 91.1. The largest absolute Gasteiger partial charge is 0.310 e. The zero-order valence-corrected chi connectivity index (χ0v) is 33.1. The fourth-order valence-corrected chi connectivity index (χ4v) is 9.64. The highest BCUT2D eigenvalue weighted by Crippen LogP contribution is 2.57. The van der Waals surface area contributed by atoms with Gasteiger partial charge >= 0.3 is 0 Å². The van der Waals surface area contributed by atoms with Crippen LogP contribution in [0.25, 0.3) is 55.3 Å². The van der Waals surface area contributed by atoms with Gasteiger partial charge in [-0.25, -0.2) is 0 Å². The third-order valence-corrected chi connectivity index (χ3v) is 12.3. The van der Waals surface area contributed by atoms with E-state index >= 15 is 0 Å². The quantitative estimate of drug-likeness (QED) is 0.149. The van der Waals surface area contributed by atoms with Crippen LogP contribution < -0.4 is 4.90 Å². The van der Waals surface area contributed by atoms with Gasteiger partial charge in [-0.15, -0.1) is 0 Å². The lowest BCUT2D eigenvalue weighted by molar-refractivity contribution is 0.768. The van der Waals surface area contributed by atoms with Crippen LogP contribution in [0.15, 0.2) is 249 Å². The van der Waals surface area contributed by atoms with Gasteiger partial charge in [-0.2, -0.15) is 0 Å². The normalized spacial score (nSPS) is 12.5. The molecule has 0 fully saturated rings. The summed E-state index contributed by atoms with van der Waals surface area (Å²) in [5.41, 5.74) is 17.6. The summed E-state index contributed by atoms with van der Waals surface area (Å²) in [7, 11) is 0. The summed E-state index contributed by atoms with van der Waals surface area (Å²) in [5.74, 6) is 0. The molecule has 1 aliphatic rings. The van der Waals surface area contributed by atoms with E-state index in [1.165, 1.54) is 72.0 Å². The molecule has 10 aromatic carbocycles. The third-order valence-electron chi connectivity index (χ3n) is 12.3. The average molecular weight is 764 g/mol. The molecule has 0 aromatic heterocycles. The highest BCUT2D eigenvalue weighted by atomic mass is 15.1. The van der Waals surface area contributed by atoms with Crippen molar-refractivity contribution in [2.24, 2.45) is 0 Å². The summed E-state index contributed by atoms with van der Waals surface area (Å²) >= 11 is 0. The van der Waals surface area contributed by atoms with Gasteiger partial charge < -0.3 is 4.90 Å². The molecule has 0 radical (unpaired) electrons. The van der Waals surface area contributed by atoms with Crippen molar-refractivity contribution in [3.63, 3.8) is 0 Å². The maximum absolute atomic E-state index is 2.46. The van der Waals surface area contributed by atoms with E-state index in [9.17, 15) is 0 Å². The van der Waals surface area contributed by atoms with Crippen molar-refractivity contribution in [3.05, 3.63) is 271 Å². The number of hydrogen-bond donors (Lipinski definition) is 0. The Hall–Kier alpha value is -7.74. The summed E-state index contributed by atoms with van der Waals surface area (Å²) in [4.78, 5) is 2.45. The molecule has 282 valence electrons. The van der Waals surface area contributed by atoms with Crippen LogP contribution in [0.5, 0.6) is 0 Å². The second-order valence-electron chi connectivity index (χ2n) is 15.7. The van der Waals surface area contributed by atoms with Crippen LogP contribution in [-0.4, -0.2) is 0 Å². The molecule has 1 aliphatic carbocycles. The molecule has 60 heavy (non-hydrogen) atoms. The van der Waals surface area contributed by atoms with Crippen molar-refractivity contribution in [1.82, 2.24) is 0 Å². The van der Waals surface area contributed by atoms with Crippen molar-refractivity contribution in [1.29, 1.82) is 0 Å². The number of anilines is 3. The number of benzene rings is 10. The maximum atomic E-state index is 2.46. The molecule has 0 bridgehead atoms. The van der Waals surface area contributed by atoms with Gasteiger partial charge in [-0.1, -0.05) is 206 Å². The van der Waals surface area contributed by atoms with E-state index in [4.69, 9.17) is 0 Å². The molecule has 0 heterocycles. The van der Waals surface area contributed by atoms with Crippen LogP contribution in [0.1, 0.15) is 22.3 Å². The van der Waals surface area contributed by atoms with Gasteiger partial charge in [-0.05, 0) is 120 Å². The van der Waals surface area contributed by atoms with Crippen molar-refractivity contribution >= 4 is 27.8 Å². The van der Waals surface area contributed by atoms with Crippen molar-refractivity contribution in [2.75, 3.05) is 4.90 Å². The number of rotatable bonds is 8. The standard InChI is InChI=1S/C59H41N/c1-4-18-42(19-5-1)44-22-14-23-45(38-44)46-24-15-30-50(39-46)60(51-31-16-25-47(40-51)54-34-17-21-43-20-10-11-32-53(43)54)52-36-37-56-55-33-12-13-35-57(55)59(58(56)41-52,48-26-6-2-7-27-48)49-28-8-3-9-29-49/h1-41H. The molecule has 11 rings (SSSR count). The zero-order valence-electron chi connectivity index (χ0n) is 33.1. The van der Waals surface area contributed by atoms with Gasteiger partial charge in [0, 0.05) is 17.1 Å². The minimum absolute atomic E-state index is 0.513. The predicted molar refractivity (Wildman–Crippen MR) is 252 cm³/mol. The van der Waals surface area contributed by atoms with Gasteiger partial charge in [-0.3, -0.25) is 0 Å². The van der Waals surface area contributed by atoms with E-state index in [-0.39, 0.29) is 0 Å². The Bertz CT molecular complexity index is 3100. The SMILES string of the molecule is c1ccc(-c2cccc(-c3cccc(N(c4cccc(-c5cccc6ccccc56)c4)c4ccc5c(c4)C(c4ccccc4)(c4ccccc4)c4ccccc4-5)c3)c2)cc1. The summed E-state index contributed by atoms with van der Waals surface area (Å²) in [6.45, 7) is 0. The fourth-order valence-electron chi connectivity index (χ4n) is 9.64. The molecule has 0 spiro atoms. The molecule has 0 N–H and O–H groups in total. The highest BCUT2D eigenvalue weighted by Gasteiger charge is 2.46. The van der Waals surface area contributed by atoms with E-state index < -0.39 is 5.41 Å². The van der Waals surface area contributed by atoms with E-state index in [0.29, 0.717) is 0 Å². The first kappa shape index (κ1) is 35.4. The van der Waals surface area contributed by atoms with Gasteiger partial charge in [0.05, 0.1) is 5.41 Å².